The Labute approximate surface area is 172 Å². The maximum Gasteiger partial charge on any atom is 0.195 e. The molecule has 0 saturated heterocycles. The van der Waals surface area contributed by atoms with E-state index in [1.807, 2.05) is 62.7 Å². The molecule has 1 aromatic heterocycles. The van der Waals surface area contributed by atoms with E-state index in [1.165, 1.54) is 0 Å². The van der Waals surface area contributed by atoms with Crippen LogP contribution in [0.4, 0.5) is 5.69 Å². The Bertz CT molecular complexity index is 1010. The van der Waals surface area contributed by atoms with Crippen molar-refractivity contribution in [3.05, 3.63) is 71.2 Å². The van der Waals surface area contributed by atoms with Crippen LogP contribution in [0.25, 0.3) is 12.2 Å². The lowest BCUT2D eigenvalue weighted by Gasteiger charge is -2.11. The number of hydrogen-bond acceptors (Lipinski definition) is 4. The molecule has 0 fully saturated rings. The molecule has 1 heterocycles. The molecular weight excluding hydrogens is 360 g/mol. The first-order valence-corrected chi connectivity index (χ1v) is 9.98. The van der Waals surface area contributed by atoms with Gasteiger partial charge in [-0.3, -0.25) is 14.5 Å². The minimum atomic E-state index is -0.00598. The number of allylic oxidation sites excluding steroid dienone is 3. The molecule has 2 aromatic rings. The second-order valence-corrected chi connectivity index (χ2v) is 7.55. The van der Waals surface area contributed by atoms with Crippen molar-refractivity contribution in [2.75, 3.05) is 11.9 Å². The molecule has 1 N–H and O–H groups in total. The van der Waals surface area contributed by atoms with E-state index in [2.05, 4.69) is 29.3 Å². The third kappa shape index (κ3) is 5.19. The Morgan fingerprint density at radius 2 is 2.10 bits per heavy atom. The molecule has 5 heteroatoms. The van der Waals surface area contributed by atoms with Crippen molar-refractivity contribution >= 4 is 29.3 Å². The smallest absolute Gasteiger partial charge is 0.195 e. The summed E-state index contributed by atoms with van der Waals surface area (Å²) in [5, 5.41) is 7.56. The van der Waals surface area contributed by atoms with E-state index in [1.54, 1.807) is 17.1 Å². The van der Waals surface area contributed by atoms with E-state index >= 15 is 0 Å². The summed E-state index contributed by atoms with van der Waals surface area (Å²) in [6.45, 7) is 7.17. The number of Topliss-reactive ketones (excluding diaryl/α,β-unsaturated/α-hetero) is 1. The van der Waals surface area contributed by atoms with Crippen molar-refractivity contribution in [3.63, 3.8) is 0 Å². The largest absolute Gasteiger partial charge is 0.385 e. The van der Waals surface area contributed by atoms with Gasteiger partial charge in [0.1, 0.15) is 0 Å². The topological polar surface area (TPSA) is 59.3 Å². The highest BCUT2D eigenvalue weighted by molar-refractivity contribution is 6.34. The number of anilines is 1. The van der Waals surface area contributed by atoms with Crippen LogP contribution in [0.1, 0.15) is 48.7 Å². The van der Waals surface area contributed by atoms with Gasteiger partial charge in [0, 0.05) is 48.4 Å². The standard InChI is InChI=1S/C24H28N4O/c1-5-21-23(26-13-11-18-15-27-28(4)16-18)9-7-19-6-8-20(14-22(19)24(21)29)25-12-10-17(2)3/h5-9,11,13-17,25H,10,12H2,1-4H3/b13-11+,21-5+,26-23-. The van der Waals surface area contributed by atoms with Gasteiger partial charge in [-0.1, -0.05) is 32.1 Å². The summed E-state index contributed by atoms with van der Waals surface area (Å²) in [6.07, 6.45) is 14.0. The van der Waals surface area contributed by atoms with Crippen molar-refractivity contribution in [2.24, 2.45) is 18.0 Å². The molecule has 150 valence electrons. The first-order valence-electron chi connectivity index (χ1n) is 9.98. The number of carbonyl (C=O) groups excluding carboxylic acids is 1. The molecule has 0 bridgehead atoms. The fourth-order valence-electron chi connectivity index (χ4n) is 3.15. The van der Waals surface area contributed by atoms with Gasteiger partial charge in [-0.2, -0.15) is 5.10 Å². The predicted octanol–water partition coefficient (Wildman–Crippen LogP) is 5.15. The molecule has 1 aliphatic carbocycles. The Balaban J connectivity index is 1.83. The molecule has 0 amide bonds. The average Bonchev–Trinajstić information content (AvgIpc) is 3.05. The molecule has 1 aromatic carbocycles. The van der Waals surface area contributed by atoms with Crippen molar-refractivity contribution in [3.8, 4) is 0 Å². The SMILES string of the molecule is C/C=C1/C(=O)c2cc(NCCC(C)C)ccc2C=C/C1=N/C=C/c1cnn(C)c1. The van der Waals surface area contributed by atoms with Crippen LogP contribution in [0.2, 0.25) is 0 Å². The predicted molar refractivity (Wildman–Crippen MR) is 121 cm³/mol. The lowest BCUT2D eigenvalue weighted by Crippen LogP contribution is -2.11. The Kier molecular flexibility index (Phi) is 6.60. The normalized spacial score (nSPS) is 16.8. The third-order valence-corrected chi connectivity index (χ3v) is 4.78. The van der Waals surface area contributed by atoms with Gasteiger partial charge in [0.15, 0.2) is 5.78 Å². The van der Waals surface area contributed by atoms with Gasteiger partial charge in [-0.25, -0.2) is 0 Å². The van der Waals surface area contributed by atoms with E-state index in [4.69, 9.17) is 0 Å². The molecule has 0 saturated carbocycles. The second-order valence-electron chi connectivity index (χ2n) is 7.55. The number of hydrogen-bond donors (Lipinski definition) is 1. The Morgan fingerprint density at radius 1 is 1.28 bits per heavy atom. The van der Waals surface area contributed by atoms with E-state index in [0.29, 0.717) is 22.8 Å². The number of nitrogens with zero attached hydrogens (tertiary/aromatic N) is 3. The maximum absolute atomic E-state index is 13.2. The molecule has 3 rings (SSSR count). The number of aromatic nitrogens is 2. The summed E-state index contributed by atoms with van der Waals surface area (Å²) >= 11 is 0. The number of ketones is 1. The van der Waals surface area contributed by atoms with Crippen LogP contribution in [0.3, 0.4) is 0 Å². The van der Waals surface area contributed by atoms with E-state index < -0.39 is 0 Å². The minimum absolute atomic E-state index is 0.00598. The van der Waals surface area contributed by atoms with Crippen LogP contribution in [0.5, 0.6) is 0 Å². The summed E-state index contributed by atoms with van der Waals surface area (Å²) in [5.41, 5.74) is 4.80. The molecule has 29 heavy (non-hydrogen) atoms. The summed E-state index contributed by atoms with van der Waals surface area (Å²) in [4.78, 5) is 17.7. The number of carbonyl (C=O) groups is 1. The van der Waals surface area contributed by atoms with Crippen molar-refractivity contribution < 1.29 is 4.79 Å². The zero-order valence-electron chi connectivity index (χ0n) is 17.5. The van der Waals surface area contributed by atoms with Gasteiger partial charge in [-0.15, -0.1) is 0 Å². The van der Waals surface area contributed by atoms with Crippen molar-refractivity contribution in [1.82, 2.24) is 9.78 Å². The molecule has 0 aliphatic heterocycles. The lowest BCUT2D eigenvalue weighted by molar-refractivity contribution is 0.104. The van der Waals surface area contributed by atoms with Crippen LogP contribution in [-0.4, -0.2) is 27.8 Å². The Morgan fingerprint density at radius 3 is 2.79 bits per heavy atom. The molecule has 0 atom stereocenters. The van der Waals surface area contributed by atoms with Crippen molar-refractivity contribution in [1.29, 1.82) is 0 Å². The highest BCUT2D eigenvalue weighted by atomic mass is 16.1. The van der Waals surface area contributed by atoms with Crippen LogP contribution >= 0.6 is 0 Å². The summed E-state index contributed by atoms with van der Waals surface area (Å²) in [6, 6.07) is 5.96. The lowest BCUT2D eigenvalue weighted by atomic mass is 9.98. The van der Waals surface area contributed by atoms with E-state index in [0.717, 1.165) is 29.8 Å². The summed E-state index contributed by atoms with van der Waals surface area (Å²) in [7, 11) is 1.87. The summed E-state index contributed by atoms with van der Waals surface area (Å²) in [5.74, 6) is 0.634. The monoisotopic (exact) mass is 388 g/mol. The number of aryl methyl sites for hydroxylation is 1. The number of benzene rings is 1. The highest BCUT2D eigenvalue weighted by Crippen LogP contribution is 2.25. The number of nitrogens with one attached hydrogen (secondary N) is 1. The Hall–Kier alpha value is -3.21. The van der Waals surface area contributed by atoms with Gasteiger partial charge in [0.25, 0.3) is 0 Å². The quantitative estimate of drug-likeness (QED) is 0.697. The minimum Gasteiger partial charge on any atom is -0.385 e. The molecular formula is C24H28N4O. The average molecular weight is 389 g/mol. The fourth-order valence-corrected chi connectivity index (χ4v) is 3.15. The zero-order valence-corrected chi connectivity index (χ0v) is 17.5. The van der Waals surface area contributed by atoms with E-state index in [-0.39, 0.29) is 5.78 Å². The van der Waals surface area contributed by atoms with Gasteiger partial charge < -0.3 is 5.32 Å². The molecule has 0 spiro atoms. The van der Waals surface area contributed by atoms with Crippen LogP contribution < -0.4 is 5.32 Å². The first kappa shape index (κ1) is 20.5. The van der Waals surface area contributed by atoms with Gasteiger partial charge in [0.2, 0.25) is 0 Å². The zero-order chi connectivity index (χ0) is 20.8. The van der Waals surface area contributed by atoms with Crippen LogP contribution in [-0.2, 0) is 7.05 Å². The molecule has 5 nitrogen and oxygen atoms in total. The second kappa shape index (κ2) is 9.32. The van der Waals surface area contributed by atoms with Crippen LogP contribution in [0.15, 0.2) is 59.5 Å². The third-order valence-electron chi connectivity index (χ3n) is 4.78. The number of rotatable bonds is 6. The fraction of sp³-hybridized carbons (Fsp3) is 0.292. The first-order chi connectivity index (χ1) is 14.0. The van der Waals surface area contributed by atoms with Gasteiger partial charge in [-0.05, 0) is 49.1 Å². The van der Waals surface area contributed by atoms with Gasteiger partial charge in [0.05, 0.1) is 11.9 Å². The van der Waals surface area contributed by atoms with Crippen molar-refractivity contribution in [2.45, 2.75) is 27.2 Å². The number of aliphatic imine (C=N–C) groups is 1. The van der Waals surface area contributed by atoms with Crippen LogP contribution in [0, 0.1) is 5.92 Å². The maximum atomic E-state index is 13.2. The molecule has 0 radical (unpaired) electrons. The molecule has 1 aliphatic rings. The van der Waals surface area contributed by atoms with E-state index in [9.17, 15) is 4.79 Å². The number of fused-ring (bicyclic) bond motifs is 1. The summed E-state index contributed by atoms with van der Waals surface area (Å²) < 4.78 is 1.74. The highest BCUT2D eigenvalue weighted by Gasteiger charge is 2.21. The molecule has 0 unspecified atom stereocenters. The van der Waals surface area contributed by atoms with Gasteiger partial charge >= 0.3 is 0 Å².